The van der Waals surface area contributed by atoms with Gasteiger partial charge in [0.05, 0.1) is 0 Å². The first-order valence-electron chi connectivity index (χ1n) is 7.28. The summed E-state index contributed by atoms with van der Waals surface area (Å²) in [6.07, 6.45) is 9.88. The molecule has 1 saturated heterocycles. The molecular formula is C14H28N2. The monoisotopic (exact) mass is 224 g/mol. The van der Waals surface area contributed by atoms with E-state index in [1.807, 2.05) is 0 Å². The smallest absolute Gasteiger partial charge is 0.00797 e. The highest BCUT2D eigenvalue weighted by atomic mass is 14.9. The van der Waals surface area contributed by atoms with Gasteiger partial charge in [-0.2, -0.15) is 0 Å². The first-order valence-corrected chi connectivity index (χ1v) is 7.28. The SMILES string of the molecule is CC1CCCC(CNC2CCCNCC2)C1. The lowest BCUT2D eigenvalue weighted by molar-refractivity contribution is 0.263. The zero-order valence-corrected chi connectivity index (χ0v) is 10.8. The standard InChI is InChI=1S/C14H28N2/c1-12-4-2-5-13(10-12)11-16-14-6-3-8-15-9-7-14/h12-16H,2-11H2,1H3. The highest BCUT2D eigenvalue weighted by Gasteiger charge is 2.20. The normalized spacial score (nSPS) is 36.9. The van der Waals surface area contributed by atoms with Crippen LogP contribution in [0.1, 0.15) is 51.9 Å². The third-order valence-electron chi connectivity index (χ3n) is 4.32. The topological polar surface area (TPSA) is 24.1 Å². The van der Waals surface area contributed by atoms with Gasteiger partial charge in [-0.05, 0) is 63.6 Å². The highest BCUT2D eigenvalue weighted by molar-refractivity contribution is 4.77. The lowest BCUT2D eigenvalue weighted by Crippen LogP contribution is -2.35. The van der Waals surface area contributed by atoms with E-state index >= 15 is 0 Å². The van der Waals surface area contributed by atoms with Crippen molar-refractivity contribution in [1.82, 2.24) is 10.6 Å². The van der Waals surface area contributed by atoms with Gasteiger partial charge in [-0.15, -0.1) is 0 Å². The fourth-order valence-electron chi connectivity index (χ4n) is 3.30. The van der Waals surface area contributed by atoms with Crippen LogP contribution in [0.3, 0.4) is 0 Å². The van der Waals surface area contributed by atoms with Crippen LogP contribution in [0.2, 0.25) is 0 Å². The Hall–Kier alpha value is -0.0800. The molecule has 1 heterocycles. The summed E-state index contributed by atoms with van der Waals surface area (Å²) < 4.78 is 0. The minimum atomic E-state index is 0.784. The van der Waals surface area contributed by atoms with E-state index in [0.29, 0.717) is 0 Å². The Morgan fingerprint density at radius 1 is 1.06 bits per heavy atom. The van der Waals surface area contributed by atoms with Gasteiger partial charge in [0.25, 0.3) is 0 Å². The molecule has 0 radical (unpaired) electrons. The molecule has 0 bridgehead atoms. The summed E-state index contributed by atoms with van der Waals surface area (Å²) in [4.78, 5) is 0. The molecule has 2 N–H and O–H groups in total. The van der Waals surface area contributed by atoms with Crippen LogP contribution in [0, 0.1) is 11.8 Å². The molecule has 0 aromatic heterocycles. The summed E-state index contributed by atoms with van der Waals surface area (Å²) in [6.45, 7) is 6.12. The van der Waals surface area contributed by atoms with Gasteiger partial charge < -0.3 is 10.6 Å². The number of rotatable bonds is 3. The first kappa shape index (κ1) is 12.4. The Balaban J connectivity index is 1.65. The summed E-state index contributed by atoms with van der Waals surface area (Å²) in [7, 11) is 0. The summed E-state index contributed by atoms with van der Waals surface area (Å²) in [5.41, 5.74) is 0. The second-order valence-corrected chi connectivity index (χ2v) is 5.92. The van der Waals surface area contributed by atoms with E-state index in [1.54, 1.807) is 0 Å². The summed E-state index contributed by atoms with van der Waals surface area (Å²) in [5.74, 6) is 1.93. The minimum absolute atomic E-state index is 0.784. The summed E-state index contributed by atoms with van der Waals surface area (Å²) in [5, 5.41) is 7.29. The summed E-state index contributed by atoms with van der Waals surface area (Å²) in [6, 6.07) is 0.784. The van der Waals surface area contributed by atoms with E-state index in [9.17, 15) is 0 Å². The third kappa shape index (κ3) is 4.06. The van der Waals surface area contributed by atoms with E-state index in [4.69, 9.17) is 0 Å². The van der Waals surface area contributed by atoms with Gasteiger partial charge in [0.1, 0.15) is 0 Å². The van der Waals surface area contributed by atoms with Crippen molar-refractivity contribution >= 4 is 0 Å². The van der Waals surface area contributed by atoms with Crippen molar-refractivity contribution in [3.05, 3.63) is 0 Å². The predicted octanol–water partition coefficient (Wildman–Crippen LogP) is 2.54. The van der Waals surface area contributed by atoms with Gasteiger partial charge >= 0.3 is 0 Å². The van der Waals surface area contributed by atoms with Gasteiger partial charge in [0, 0.05) is 6.04 Å². The average Bonchev–Trinajstić information content (AvgIpc) is 2.55. The van der Waals surface area contributed by atoms with Crippen molar-refractivity contribution < 1.29 is 0 Å². The molecule has 2 rings (SSSR count). The molecule has 16 heavy (non-hydrogen) atoms. The fourth-order valence-corrected chi connectivity index (χ4v) is 3.30. The second-order valence-electron chi connectivity index (χ2n) is 5.92. The molecule has 0 amide bonds. The molecule has 0 aromatic carbocycles. The minimum Gasteiger partial charge on any atom is -0.317 e. The van der Waals surface area contributed by atoms with Crippen molar-refractivity contribution in [3.63, 3.8) is 0 Å². The predicted molar refractivity (Wildman–Crippen MR) is 69.6 cm³/mol. The van der Waals surface area contributed by atoms with Crippen molar-refractivity contribution in [3.8, 4) is 0 Å². The highest BCUT2D eigenvalue weighted by Crippen LogP contribution is 2.28. The molecule has 2 aliphatic rings. The van der Waals surface area contributed by atoms with Crippen LogP contribution < -0.4 is 10.6 Å². The lowest BCUT2D eigenvalue weighted by Gasteiger charge is -2.28. The Bertz CT molecular complexity index is 183. The van der Waals surface area contributed by atoms with Gasteiger partial charge in [-0.25, -0.2) is 0 Å². The molecule has 1 saturated carbocycles. The molecule has 3 unspecified atom stereocenters. The molecule has 94 valence electrons. The van der Waals surface area contributed by atoms with Crippen LogP contribution in [-0.2, 0) is 0 Å². The second kappa shape index (κ2) is 6.61. The van der Waals surface area contributed by atoms with Crippen LogP contribution in [0.15, 0.2) is 0 Å². The van der Waals surface area contributed by atoms with Crippen molar-refractivity contribution in [2.45, 2.75) is 57.9 Å². The molecule has 0 aromatic rings. The molecule has 1 aliphatic heterocycles. The Labute approximate surface area is 101 Å². The fraction of sp³-hybridized carbons (Fsp3) is 1.00. The van der Waals surface area contributed by atoms with Crippen molar-refractivity contribution in [2.24, 2.45) is 11.8 Å². The van der Waals surface area contributed by atoms with Crippen LogP contribution >= 0.6 is 0 Å². The van der Waals surface area contributed by atoms with E-state index in [2.05, 4.69) is 17.6 Å². The molecule has 2 nitrogen and oxygen atoms in total. The maximum absolute atomic E-state index is 3.81. The van der Waals surface area contributed by atoms with E-state index < -0.39 is 0 Å². The zero-order chi connectivity index (χ0) is 11.2. The summed E-state index contributed by atoms with van der Waals surface area (Å²) >= 11 is 0. The Morgan fingerprint density at radius 2 is 2.00 bits per heavy atom. The lowest BCUT2D eigenvalue weighted by atomic mass is 9.82. The number of nitrogens with one attached hydrogen (secondary N) is 2. The quantitative estimate of drug-likeness (QED) is 0.770. The van der Waals surface area contributed by atoms with Gasteiger partial charge in [-0.1, -0.05) is 19.8 Å². The number of hydrogen-bond donors (Lipinski definition) is 2. The van der Waals surface area contributed by atoms with Gasteiger partial charge in [-0.3, -0.25) is 0 Å². The average molecular weight is 224 g/mol. The molecule has 2 fully saturated rings. The molecule has 3 atom stereocenters. The molecule has 1 aliphatic carbocycles. The van der Waals surface area contributed by atoms with E-state index in [0.717, 1.165) is 17.9 Å². The van der Waals surface area contributed by atoms with Crippen molar-refractivity contribution in [1.29, 1.82) is 0 Å². The van der Waals surface area contributed by atoms with Gasteiger partial charge in [0.15, 0.2) is 0 Å². The Morgan fingerprint density at radius 3 is 2.88 bits per heavy atom. The maximum atomic E-state index is 3.81. The van der Waals surface area contributed by atoms with Crippen LogP contribution in [0.4, 0.5) is 0 Å². The molecule has 0 spiro atoms. The van der Waals surface area contributed by atoms with Gasteiger partial charge in [0.2, 0.25) is 0 Å². The Kier molecular flexibility index (Phi) is 5.11. The molecule has 2 heteroatoms. The molecular weight excluding hydrogens is 196 g/mol. The van der Waals surface area contributed by atoms with Crippen LogP contribution in [0.5, 0.6) is 0 Å². The number of hydrogen-bond acceptors (Lipinski definition) is 2. The third-order valence-corrected chi connectivity index (χ3v) is 4.32. The zero-order valence-electron chi connectivity index (χ0n) is 10.8. The maximum Gasteiger partial charge on any atom is 0.00797 e. The van der Waals surface area contributed by atoms with Crippen LogP contribution in [0.25, 0.3) is 0 Å². The first-order chi connectivity index (χ1) is 7.84. The largest absolute Gasteiger partial charge is 0.317 e. The van der Waals surface area contributed by atoms with Crippen LogP contribution in [-0.4, -0.2) is 25.7 Å². The van der Waals surface area contributed by atoms with Crippen molar-refractivity contribution in [2.75, 3.05) is 19.6 Å². The van der Waals surface area contributed by atoms with E-state index in [1.165, 1.54) is 64.6 Å². The van der Waals surface area contributed by atoms with E-state index in [-0.39, 0.29) is 0 Å².